The third-order valence-electron chi connectivity index (χ3n) is 4.44. The fraction of sp³-hybridized carbons (Fsp3) is 0.353. The predicted molar refractivity (Wildman–Crippen MR) is 90.4 cm³/mol. The van der Waals surface area contributed by atoms with E-state index in [1.54, 1.807) is 6.20 Å². The third kappa shape index (κ3) is 3.03. The van der Waals surface area contributed by atoms with E-state index in [4.69, 9.17) is 5.73 Å². The summed E-state index contributed by atoms with van der Waals surface area (Å²) in [6.45, 7) is 4.04. The standard InChI is InChI=1S/C17H21N3O.ClH/c1-12-8-19-9-15(12)17(21)20-10-14(7-18)16(11-20)13-5-3-2-4-6-13;/h2-6,8-9,14,16,19H,7,10-11,18H2,1H3;1H/t14-,16+;/m1./s1. The number of aromatic amines is 1. The zero-order valence-electron chi connectivity index (χ0n) is 12.7. The molecule has 22 heavy (non-hydrogen) atoms. The van der Waals surface area contributed by atoms with Gasteiger partial charge in [0.2, 0.25) is 0 Å². The number of hydrogen-bond donors (Lipinski definition) is 2. The molecular weight excluding hydrogens is 298 g/mol. The van der Waals surface area contributed by atoms with Crippen molar-refractivity contribution in [1.29, 1.82) is 0 Å². The molecule has 3 rings (SSSR count). The van der Waals surface area contributed by atoms with Gasteiger partial charge in [-0.1, -0.05) is 30.3 Å². The lowest BCUT2D eigenvalue weighted by atomic mass is 9.89. The predicted octanol–water partition coefficient (Wildman–Crippen LogP) is 2.56. The number of carbonyl (C=O) groups excluding carboxylic acids is 1. The van der Waals surface area contributed by atoms with Crippen LogP contribution in [-0.2, 0) is 0 Å². The van der Waals surface area contributed by atoms with E-state index in [1.807, 2.05) is 36.2 Å². The van der Waals surface area contributed by atoms with Crippen molar-refractivity contribution in [3.63, 3.8) is 0 Å². The number of nitrogens with zero attached hydrogens (tertiary/aromatic N) is 1. The monoisotopic (exact) mass is 319 g/mol. The van der Waals surface area contributed by atoms with Crippen LogP contribution < -0.4 is 5.73 Å². The summed E-state index contributed by atoms with van der Waals surface area (Å²) in [5, 5.41) is 0. The van der Waals surface area contributed by atoms with Gasteiger partial charge in [-0.25, -0.2) is 0 Å². The van der Waals surface area contributed by atoms with Gasteiger partial charge in [0.25, 0.3) is 5.91 Å². The molecule has 1 aromatic heterocycles. The maximum atomic E-state index is 12.6. The fourth-order valence-corrected chi connectivity index (χ4v) is 3.20. The molecule has 4 nitrogen and oxygen atoms in total. The van der Waals surface area contributed by atoms with Gasteiger partial charge in [0.15, 0.2) is 0 Å². The molecule has 2 aromatic rings. The highest BCUT2D eigenvalue weighted by molar-refractivity contribution is 5.95. The molecule has 1 fully saturated rings. The smallest absolute Gasteiger partial charge is 0.255 e. The first-order valence-electron chi connectivity index (χ1n) is 7.38. The van der Waals surface area contributed by atoms with Crippen LogP contribution in [0.2, 0.25) is 0 Å². The molecule has 2 atom stereocenters. The van der Waals surface area contributed by atoms with Crippen molar-refractivity contribution in [1.82, 2.24) is 9.88 Å². The van der Waals surface area contributed by atoms with Crippen molar-refractivity contribution >= 4 is 18.3 Å². The summed E-state index contributed by atoms with van der Waals surface area (Å²) in [4.78, 5) is 17.6. The van der Waals surface area contributed by atoms with Crippen molar-refractivity contribution in [3.8, 4) is 0 Å². The van der Waals surface area contributed by atoms with Crippen LogP contribution in [0.3, 0.4) is 0 Å². The van der Waals surface area contributed by atoms with Crippen molar-refractivity contribution in [2.75, 3.05) is 19.6 Å². The summed E-state index contributed by atoms with van der Waals surface area (Å²) in [6, 6.07) is 10.4. The number of rotatable bonds is 3. The number of nitrogens with two attached hydrogens (primary N) is 1. The molecule has 0 spiro atoms. The zero-order chi connectivity index (χ0) is 14.8. The minimum atomic E-state index is 0. The highest BCUT2D eigenvalue weighted by Gasteiger charge is 2.35. The molecule has 5 heteroatoms. The molecule has 0 aliphatic carbocycles. The quantitative estimate of drug-likeness (QED) is 0.913. The van der Waals surface area contributed by atoms with E-state index in [9.17, 15) is 4.79 Å². The van der Waals surface area contributed by atoms with Crippen LogP contribution >= 0.6 is 12.4 Å². The minimum absolute atomic E-state index is 0. The molecule has 1 amide bonds. The molecule has 1 aliphatic rings. The van der Waals surface area contributed by atoms with Crippen LogP contribution in [0.25, 0.3) is 0 Å². The lowest BCUT2D eigenvalue weighted by molar-refractivity contribution is 0.0786. The summed E-state index contributed by atoms with van der Waals surface area (Å²) in [5.41, 5.74) is 8.96. The van der Waals surface area contributed by atoms with Gasteiger partial charge in [0.05, 0.1) is 5.56 Å². The highest BCUT2D eigenvalue weighted by Crippen LogP contribution is 2.33. The Morgan fingerprint density at radius 2 is 2.00 bits per heavy atom. The molecule has 2 heterocycles. The Morgan fingerprint density at radius 1 is 1.27 bits per heavy atom. The Hall–Kier alpha value is -1.78. The minimum Gasteiger partial charge on any atom is -0.367 e. The Kier molecular flexibility index (Phi) is 5.27. The summed E-state index contributed by atoms with van der Waals surface area (Å²) < 4.78 is 0. The Morgan fingerprint density at radius 3 is 2.59 bits per heavy atom. The van der Waals surface area contributed by atoms with Gasteiger partial charge in [-0.3, -0.25) is 4.79 Å². The number of carbonyl (C=O) groups is 1. The number of nitrogens with one attached hydrogen (secondary N) is 1. The van der Waals surface area contributed by atoms with Gasteiger partial charge in [-0.2, -0.15) is 0 Å². The van der Waals surface area contributed by atoms with Crippen LogP contribution in [0.15, 0.2) is 42.7 Å². The van der Waals surface area contributed by atoms with Crippen molar-refractivity contribution in [3.05, 3.63) is 59.4 Å². The lowest BCUT2D eigenvalue weighted by Crippen LogP contribution is -2.30. The number of H-pyrrole nitrogens is 1. The number of amides is 1. The molecule has 0 unspecified atom stereocenters. The lowest BCUT2D eigenvalue weighted by Gasteiger charge is -2.16. The number of benzene rings is 1. The number of aryl methyl sites for hydroxylation is 1. The summed E-state index contributed by atoms with van der Waals surface area (Å²) >= 11 is 0. The zero-order valence-corrected chi connectivity index (χ0v) is 13.5. The van der Waals surface area contributed by atoms with E-state index in [2.05, 4.69) is 17.1 Å². The van der Waals surface area contributed by atoms with E-state index >= 15 is 0 Å². The molecule has 1 aliphatic heterocycles. The topological polar surface area (TPSA) is 62.1 Å². The van der Waals surface area contributed by atoms with Gasteiger partial charge < -0.3 is 15.6 Å². The molecule has 118 valence electrons. The first-order valence-corrected chi connectivity index (χ1v) is 7.38. The molecule has 0 radical (unpaired) electrons. The Bertz CT molecular complexity index is 626. The third-order valence-corrected chi connectivity index (χ3v) is 4.44. The van der Waals surface area contributed by atoms with E-state index in [-0.39, 0.29) is 18.3 Å². The number of likely N-dealkylation sites (tertiary alicyclic amines) is 1. The summed E-state index contributed by atoms with van der Waals surface area (Å²) in [7, 11) is 0. The fourth-order valence-electron chi connectivity index (χ4n) is 3.20. The van der Waals surface area contributed by atoms with E-state index < -0.39 is 0 Å². The van der Waals surface area contributed by atoms with Crippen molar-refractivity contribution < 1.29 is 4.79 Å². The van der Waals surface area contributed by atoms with E-state index in [0.29, 0.717) is 18.4 Å². The number of aromatic nitrogens is 1. The second-order valence-corrected chi connectivity index (χ2v) is 5.78. The second kappa shape index (κ2) is 6.99. The Labute approximate surface area is 137 Å². The molecule has 0 saturated carbocycles. The van der Waals surface area contributed by atoms with Gasteiger partial charge in [-0.15, -0.1) is 12.4 Å². The maximum Gasteiger partial charge on any atom is 0.255 e. The van der Waals surface area contributed by atoms with Crippen LogP contribution in [0, 0.1) is 12.8 Å². The largest absolute Gasteiger partial charge is 0.367 e. The average Bonchev–Trinajstić information content (AvgIpc) is 3.13. The second-order valence-electron chi connectivity index (χ2n) is 5.78. The normalized spacial score (nSPS) is 20.7. The first kappa shape index (κ1) is 16.6. The number of hydrogen-bond acceptors (Lipinski definition) is 2. The van der Waals surface area contributed by atoms with Crippen molar-refractivity contribution in [2.45, 2.75) is 12.8 Å². The first-order chi connectivity index (χ1) is 10.2. The molecule has 1 aromatic carbocycles. The Balaban J connectivity index is 0.00000176. The van der Waals surface area contributed by atoms with E-state index in [1.165, 1.54) is 5.56 Å². The molecular formula is C17H22ClN3O. The molecule has 3 N–H and O–H groups in total. The van der Waals surface area contributed by atoms with Gasteiger partial charge in [0.1, 0.15) is 0 Å². The SMILES string of the molecule is Cc1c[nH]cc1C(=O)N1C[C@@H](CN)[C@H](c2ccccc2)C1.Cl. The van der Waals surface area contributed by atoms with Crippen LogP contribution in [-0.4, -0.2) is 35.4 Å². The van der Waals surface area contributed by atoms with Crippen LogP contribution in [0.4, 0.5) is 0 Å². The average molecular weight is 320 g/mol. The molecule has 1 saturated heterocycles. The van der Waals surface area contributed by atoms with E-state index in [0.717, 1.165) is 24.2 Å². The number of halogens is 1. The van der Waals surface area contributed by atoms with Crippen molar-refractivity contribution in [2.24, 2.45) is 11.7 Å². The highest BCUT2D eigenvalue weighted by atomic mass is 35.5. The summed E-state index contributed by atoms with van der Waals surface area (Å²) in [6.07, 6.45) is 3.64. The summed E-state index contributed by atoms with van der Waals surface area (Å²) in [5.74, 6) is 0.764. The van der Waals surface area contributed by atoms with Crippen LogP contribution in [0.1, 0.15) is 27.4 Å². The van der Waals surface area contributed by atoms with Gasteiger partial charge in [0, 0.05) is 31.4 Å². The van der Waals surface area contributed by atoms with Gasteiger partial charge in [-0.05, 0) is 30.5 Å². The van der Waals surface area contributed by atoms with Gasteiger partial charge >= 0.3 is 0 Å². The van der Waals surface area contributed by atoms with Crippen LogP contribution in [0.5, 0.6) is 0 Å². The maximum absolute atomic E-state index is 12.6. The molecule has 0 bridgehead atoms.